The molecule has 7 heteroatoms. The van der Waals surface area contributed by atoms with Crippen molar-refractivity contribution in [3.8, 4) is 0 Å². The van der Waals surface area contributed by atoms with E-state index < -0.39 is 21.7 Å². The van der Waals surface area contributed by atoms with Crippen LogP contribution >= 0.6 is 0 Å². The van der Waals surface area contributed by atoms with Gasteiger partial charge in [-0.15, -0.1) is 0 Å². The third-order valence-corrected chi connectivity index (χ3v) is 9.30. The number of rotatable bonds is 3. The van der Waals surface area contributed by atoms with Gasteiger partial charge < -0.3 is 0 Å². The van der Waals surface area contributed by atoms with E-state index in [0.717, 1.165) is 55.0 Å². The zero-order chi connectivity index (χ0) is 18.8. The molecule has 1 aromatic rings. The van der Waals surface area contributed by atoms with Crippen LogP contribution in [0.5, 0.6) is 0 Å². The molecule has 0 unspecified atom stereocenters. The Balaban J connectivity index is 1.28. The summed E-state index contributed by atoms with van der Waals surface area (Å²) in [6.45, 7) is 2.31. The van der Waals surface area contributed by atoms with Crippen LogP contribution in [0.4, 0.5) is 8.78 Å². The highest BCUT2D eigenvalue weighted by atomic mass is 32.2. The number of benzene rings is 1. The predicted octanol–water partition coefficient (Wildman–Crippen LogP) is 3.10. The number of piperazine rings is 1. The second-order valence-electron chi connectivity index (χ2n) is 8.94. The third kappa shape index (κ3) is 3.02. The standard InChI is InChI=1S/C20H26F2N2O2S/c21-18-2-1-17(12-19(18)22)27(25,26)24-5-3-23(4-6-24)20-15-8-13-7-14(10-15)11-16(20)9-13/h1-2,12-16,20H,3-11H2. The summed E-state index contributed by atoms with van der Waals surface area (Å²) in [6, 6.07) is 3.44. The van der Waals surface area contributed by atoms with Crippen LogP contribution in [-0.4, -0.2) is 49.8 Å². The molecule has 27 heavy (non-hydrogen) atoms. The molecule has 4 bridgehead atoms. The summed E-state index contributed by atoms with van der Waals surface area (Å²) in [5, 5.41) is 0. The van der Waals surface area contributed by atoms with Crippen molar-refractivity contribution in [2.75, 3.05) is 26.2 Å². The van der Waals surface area contributed by atoms with Gasteiger partial charge in [0.15, 0.2) is 11.6 Å². The highest BCUT2D eigenvalue weighted by Crippen LogP contribution is 2.55. The Morgan fingerprint density at radius 1 is 0.815 bits per heavy atom. The fraction of sp³-hybridized carbons (Fsp3) is 0.700. The topological polar surface area (TPSA) is 40.6 Å². The lowest BCUT2D eigenvalue weighted by Crippen LogP contribution is -2.60. The maximum atomic E-state index is 13.5. The monoisotopic (exact) mass is 396 g/mol. The highest BCUT2D eigenvalue weighted by Gasteiger charge is 2.50. The van der Waals surface area contributed by atoms with E-state index in [2.05, 4.69) is 4.90 Å². The Hall–Kier alpha value is -1.05. The minimum Gasteiger partial charge on any atom is -0.297 e. The van der Waals surface area contributed by atoms with Crippen LogP contribution in [-0.2, 0) is 10.0 Å². The summed E-state index contributed by atoms with van der Waals surface area (Å²) in [4.78, 5) is 2.36. The average molecular weight is 397 g/mol. The lowest BCUT2D eigenvalue weighted by molar-refractivity contribution is -0.0720. The Bertz CT molecular complexity index is 808. The van der Waals surface area contributed by atoms with Gasteiger partial charge in [0, 0.05) is 32.2 Å². The molecule has 6 rings (SSSR count). The van der Waals surface area contributed by atoms with E-state index in [-0.39, 0.29) is 4.90 Å². The molecule has 1 saturated heterocycles. The van der Waals surface area contributed by atoms with E-state index >= 15 is 0 Å². The number of sulfonamides is 1. The van der Waals surface area contributed by atoms with Crippen molar-refractivity contribution in [1.29, 1.82) is 0 Å². The predicted molar refractivity (Wildman–Crippen MR) is 97.5 cm³/mol. The van der Waals surface area contributed by atoms with Gasteiger partial charge in [-0.2, -0.15) is 4.31 Å². The van der Waals surface area contributed by atoms with Crippen LogP contribution in [0.2, 0.25) is 0 Å². The fourth-order valence-electron chi connectivity index (χ4n) is 6.52. The van der Waals surface area contributed by atoms with Gasteiger partial charge in [0.05, 0.1) is 4.90 Å². The minimum absolute atomic E-state index is 0.163. The Kier molecular flexibility index (Phi) is 4.33. The van der Waals surface area contributed by atoms with E-state index in [0.29, 0.717) is 19.1 Å². The second kappa shape index (κ2) is 6.49. The molecule has 0 spiro atoms. The third-order valence-electron chi connectivity index (χ3n) is 7.40. The van der Waals surface area contributed by atoms with Crippen molar-refractivity contribution >= 4 is 10.0 Å². The lowest BCUT2D eigenvalue weighted by Gasteiger charge is -2.58. The van der Waals surface area contributed by atoms with Gasteiger partial charge in [-0.3, -0.25) is 4.90 Å². The van der Waals surface area contributed by atoms with Crippen molar-refractivity contribution in [2.24, 2.45) is 23.7 Å². The number of hydrogen-bond acceptors (Lipinski definition) is 3. The van der Waals surface area contributed by atoms with Crippen molar-refractivity contribution in [3.05, 3.63) is 29.8 Å². The van der Waals surface area contributed by atoms with Crippen molar-refractivity contribution in [1.82, 2.24) is 9.21 Å². The Labute approximate surface area is 159 Å². The van der Waals surface area contributed by atoms with Gasteiger partial charge in [0.2, 0.25) is 10.0 Å². The van der Waals surface area contributed by atoms with E-state index in [1.807, 2.05) is 0 Å². The zero-order valence-electron chi connectivity index (χ0n) is 15.4. The first-order valence-corrected chi connectivity index (χ1v) is 11.5. The summed E-state index contributed by atoms with van der Waals surface area (Å²) in [6.07, 6.45) is 6.84. The van der Waals surface area contributed by atoms with Gasteiger partial charge in [-0.25, -0.2) is 17.2 Å². The first-order valence-electron chi connectivity index (χ1n) is 10.1. The molecular formula is C20H26F2N2O2S. The van der Waals surface area contributed by atoms with Crippen LogP contribution in [0.15, 0.2) is 23.1 Å². The average Bonchev–Trinajstić information content (AvgIpc) is 2.63. The van der Waals surface area contributed by atoms with E-state index in [1.165, 1.54) is 36.4 Å². The van der Waals surface area contributed by atoms with Crippen molar-refractivity contribution < 1.29 is 17.2 Å². The van der Waals surface area contributed by atoms with Crippen LogP contribution in [0.25, 0.3) is 0 Å². The normalized spacial score (nSPS) is 37.0. The van der Waals surface area contributed by atoms with Crippen molar-refractivity contribution in [2.45, 2.75) is 43.0 Å². The van der Waals surface area contributed by atoms with E-state index in [4.69, 9.17) is 0 Å². The smallest absolute Gasteiger partial charge is 0.243 e. The molecule has 0 radical (unpaired) electrons. The van der Waals surface area contributed by atoms with E-state index in [9.17, 15) is 17.2 Å². The quantitative estimate of drug-likeness (QED) is 0.788. The molecule has 0 aromatic heterocycles. The van der Waals surface area contributed by atoms with Crippen molar-refractivity contribution in [3.63, 3.8) is 0 Å². The lowest BCUT2D eigenvalue weighted by atomic mass is 9.54. The highest BCUT2D eigenvalue weighted by molar-refractivity contribution is 7.89. The molecule has 1 heterocycles. The largest absolute Gasteiger partial charge is 0.297 e. The summed E-state index contributed by atoms with van der Waals surface area (Å²) >= 11 is 0. The van der Waals surface area contributed by atoms with Crippen LogP contribution in [0, 0.1) is 35.3 Å². The minimum atomic E-state index is -3.78. The second-order valence-corrected chi connectivity index (χ2v) is 10.9. The molecule has 0 atom stereocenters. The van der Waals surface area contributed by atoms with Gasteiger partial charge in [-0.05, 0) is 74.0 Å². The zero-order valence-corrected chi connectivity index (χ0v) is 16.2. The van der Waals surface area contributed by atoms with E-state index in [1.54, 1.807) is 0 Å². The van der Waals surface area contributed by atoms with Gasteiger partial charge >= 0.3 is 0 Å². The van der Waals surface area contributed by atoms with Gasteiger partial charge in [-0.1, -0.05) is 0 Å². The molecule has 4 saturated carbocycles. The molecule has 148 valence electrons. The number of hydrogen-bond donors (Lipinski definition) is 0. The first kappa shape index (κ1) is 18.0. The SMILES string of the molecule is O=S(=O)(c1ccc(F)c(F)c1)N1CCN(C2C3CC4CC(C3)CC2C4)CC1. The maximum absolute atomic E-state index is 13.5. The summed E-state index contributed by atoms with van der Waals surface area (Å²) in [7, 11) is -3.78. The summed E-state index contributed by atoms with van der Waals surface area (Å²) < 4.78 is 53.6. The first-order chi connectivity index (χ1) is 12.9. The Morgan fingerprint density at radius 2 is 1.41 bits per heavy atom. The molecule has 4 nitrogen and oxygen atoms in total. The van der Waals surface area contributed by atoms with Gasteiger partial charge in [0.25, 0.3) is 0 Å². The fourth-order valence-corrected chi connectivity index (χ4v) is 7.96. The number of nitrogens with zero attached hydrogens (tertiary/aromatic N) is 2. The summed E-state index contributed by atoms with van der Waals surface area (Å²) in [5.74, 6) is 1.28. The molecule has 1 aliphatic heterocycles. The summed E-state index contributed by atoms with van der Waals surface area (Å²) in [5.41, 5.74) is 0. The molecule has 5 fully saturated rings. The van der Waals surface area contributed by atoms with Crippen LogP contribution in [0.1, 0.15) is 32.1 Å². The molecule has 4 aliphatic carbocycles. The molecule has 0 amide bonds. The van der Waals surface area contributed by atoms with Crippen LogP contribution in [0.3, 0.4) is 0 Å². The van der Waals surface area contributed by atoms with Gasteiger partial charge in [0.1, 0.15) is 0 Å². The number of halogens is 2. The molecule has 5 aliphatic rings. The molecule has 1 aromatic carbocycles. The molecule has 0 N–H and O–H groups in total. The molecular weight excluding hydrogens is 370 g/mol. The Morgan fingerprint density at radius 3 is 1.96 bits per heavy atom. The van der Waals surface area contributed by atoms with Crippen LogP contribution < -0.4 is 0 Å². The maximum Gasteiger partial charge on any atom is 0.243 e.